The maximum atomic E-state index is 12.6. The van der Waals surface area contributed by atoms with Gasteiger partial charge in [-0.1, -0.05) is 30.0 Å². The molecule has 5 nitrogen and oxygen atoms in total. The third kappa shape index (κ3) is 3.68. The Bertz CT molecular complexity index is 916. The molecule has 0 radical (unpaired) electrons. The predicted molar refractivity (Wildman–Crippen MR) is 107 cm³/mol. The van der Waals surface area contributed by atoms with Crippen LogP contribution in [-0.2, 0) is 4.79 Å². The van der Waals surface area contributed by atoms with Crippen LogP contribution in [-0.4, -0.2) is 25.9 Å². The fourth-order valence-corrected chi connectivity index (χ4v) is 4.40. The maximum Gasteiger partial charge on any atom is 0.237 e. The summed E-state index contributed by atoms with van der Waals surface area (Å²) in [6, 6.07) is 12.4. The van der Waals surface area contributed by atoms with Crippen molar-refractivity contribution in [1.82, 2.24) is 14.8 Å². The van der Waals surface area contributed by atoms with Gasteiger partial charge in [-0.3, -0.25) is 9.36 Å². The van der Waals surface area contributed by atoms with Crippen LogP contribution in [0.3, 0.4) is 0 Å². The van der Waals surface area contributed by atoms with Gasteiger partial charge in [0.2, 0.25) is 5.91 Å². The van der Waals surface area contributed by atoms with E-state index in [-0.39, 0.29) is 11.2 Å². The van der Waals surface area contributed by atoms with Crippen LogP contribution in [0.5, 0.6) is 0 Å². The van der Waals surface area contributed by atoms with E-state index in [1.165, 1.54) is 11.8 Å². The number of amides is 1. The van der Waals surface area contributed by atoms with Crippen molar-refractivity contribution in [2.45, 2.75) is 43.1 Å². The highest BCUT2D eigenvalue weighted by Gasteiger charge is 2.31. The minimum absolute atomic E-state index is 0.0244. The zero-order valence-electron chi connectivity index (χ0n) is 14.7. The van der Waals surface area contributed by atoms with Gasteiger partial charge in [-0.25, -0.2) is 0 Å². The van der Waals surface area contributed by atoms with Crippen LogP contribution in [0.15, 0.2) is 46.9 Å². The molecule has 1 fully saturated rings. The summed E-state index contributed by atoms with van der Waals surface area (Å²) in [5.74, 6) is 0.889. The zero-order chi connectivity index (χ0) is 18.1. The summed E-state index contributed by atoms with van der Waals surface area (Å²) in [5.41, 5.74) is 1.95. The molecule has 0 saturated heterocycles. The standard InChI is InChI=1S/C19H20N4OS2/c1-12-5-3-6-14(11-12)20-18(24)13(2)26-19-22-21-17(16-7-4-10-25-16)23(19)15-8-9-15/h3-7,10-11,13,15H,8-9H2,1-2H3,(H,20,24)/t13-/m1/s1. The number of carbonyl (C=O) groups is 1. The summed E-state index contributed by atoms with van der Waals surface area (Å²) in [7, 11) is 0. The van der Waals surface area contributed by atoms with Crippen molar-refractivity contribution >= 4 is 34.7 Å². The molecule has 1 saturated carbocycles. The van der Waals surface area contributed by atoms with E-state index in [4.69, 9.17) is 0 Å². The SMILES string of the molecule is Cc1cccc(NC(=O)[C@@H](C)Sc2nnc(-c3cccs3)n2C2CC2)c1. The number of aromatic nitrogens is 3. The van der Waals surface area contributed by atoms with E-state index in [1.54, 1.807) is 11.3 Å². The number of nitrogens with one attached hydrogen (secondary N) is 1. The van der Waals surface area contributed by atoms with Crippen LogP contribution in [0.2, 0.25) is 0 Å². The highest BCUT2D eigenvalue weighted by molar-refractivity contribution is 8.00. The highest BCUT2D eigenvalue weighted by Crippen LogP contribution is 2.42. The summed E-state index contributed by atoms with van der Waals surface area (Å²) in [5, 5.41) is 14.4. The van der Waals surface area contributed by atoms with Gasteiger partial charge in [0.1, 0.15) is 0 Å². The van der Waals surface area contributed by atoms with Crippen LogP contribution in [0.4, 0.5) is 5.69 Å². The molecule has 0 aliphatic heterocycles. The van der Waals surface area contributed by atoms with Crippen molar-refractivity contribution in [3.63, 3.8) is 0 Å². The van der Waals surface area contributed by atoms with Gasteiger partial charge in [-0.2, -0.15) is 0 Å². The van der Waals surface area contributed by atoms with Crippen LogP contribution in [0.25, 0.3) is 10.7 Å². The minimum atomic E-state index is -0.256. The monoisotopic (exact) mass is 384 g/mol. The lowest BCUT2D eigenvalue weighted by molar-refractivity contribution is -0.115. The maximum absolute atomic E-state index is 12.6. The van der Waals surface area contributed by atoms with Gasteiger partial charge in [-0.15, -0.1) is 21.5 Å². The number of anilines is 1. The molecule has 2 aromatic heterocycles. The summed E-state index contributed by atoms with van der Waals surface area (Å²) in [6.45, 7) is 3.92. The lowest BCUT2D eigenvalue weighted by Crippen LogP contribution is -2.23. The quantitative estimate of drug-likeness (QED) is 0.622. The summed E-state index contributed by atoms with van der Waals surface area (Å²) < 4.78 is 2.20. The number of carbonyl (C=O) groups excluding carboxylic acids is 1. The number of hydrogen-bond donors (Lipinski definition) is 1. The lowest BCUT2D eigenvalue weighted by Gasteiger charge is -2.13. The topological polar surface area (TPSA) is 59.8 Å². The third-order valence-electron chi connectivity index (χ3n) is 4.26. The number of nitrogens with zero attached hydrogens (tertiary/aromatic N) is 3. The molecule has 0 bridgehead atoms. The van der Waals surface area contributed by atoms with E-state index in [0.29, 0.717) is 6.04 Å². The first kappa shape index (κ1) is 17.3. The first-order valence-electron chi connectivity index (χ1n) is 8.65. The molecular weight excluding hydrogens is 364 g/mol. The Morgan fingerprint density at radius 1 is 1.31 bits per heavy atom. The Balaban J connectivity index is 1.51. The Labute approximate surface area is 160 Å². The van der Waals surface area contributed by atoms with E-state index in [1.807, 2.05) is 49.6 Å². The van der Waals surface area contributed by atoms with Gasteiger partial charge in [0, 0.05) is 11.7 Å². The number of rotatable bonds is 6. The fraction of sp³-hybridized carbons (Fsp3) is 0.316. The third-order valence-corrected chi connectivity index (χ3v) is 6.18. The molecule has 134 valence electrons. The second kappa shape index (κ2) is 7.25. The number of aryl methyl sites for hydroxylation is 1. The Kier molecular flexibility index (Phi) is 4.82. The second-order valence-corrected chi connectivity index (χ2v) is 8.76. The van der Waals surface area contributed by atoms with Gasteiger partial charge in [0.05, 0.1) is 10.1 Å². The van der Waals surface area contributed by atoms with E-state index < -0.39 is 0 Å². The van der Waals surface area contributed by atoms with Crippen molar-refractivity contribution in [3.05, 3.63) is 47.3 Å². The van der Waals surface area contributed by atoms with Gasteiger partial charge in [-0.05, 0) is 55.8 Å². The Morgan fingerprint density at radius 3 is 2.85 bits per heavy atom. The number of thiophene rings is 1. The molecule has 1 N–H and O–H groups in total. The molecule has 1 aliphatic carbocycles. The first-order chi connectivity index (χ1) is 12.6. The molecule has 2 heterocycles. The predicted octanol–water partition coefficient (Wildman–Crippen LogP) is 4.77. The smallest absolute Gasteiger partial charge is 0.237 e. The fourth-order valence-electron chi connectivity index (χ4n) is 2.77. The van der Waals surface area contributed by atoms with Crippen molar-refractivity contribution in [1.29, 1.82) is 0 Å². The van der Waals surface area contributed by atoms with Crippen LogP contribution in [0.1, 0.15) is 31.4 Å². The van der Waals surface area contributed by atoms with Crippen molar-refractivity contribution in [2.24, 2.45) is 0 Å². The molecule has 26 heavy (non-hydrogen) atoms. The summed E-state index contributed by atoms with van der Waals surface area (Å²) in [4.78, 5) is 13.7. The van der Waals surface area contributed by atoms with E-state index in [2.05, 4.69) is 26.1 Å². The van der Waals surface area contributed by atoms with Gasteiger partial charge < -0.3 is 5.32 Å². The zero-order valence-corrected chi connectivity index (χ0v) is 16.3. The van der Waals surface area contributed by atoms with E-state index in [9.17, 15) is 4.79 Å². The number of thioether (sulfide) groups is 1. The van der Waals surface area contributed by atoms with Crippen molar-refractivity contribution < 1.29 is 4.79 Å². The molecule has 1 aliphatic rings. The average molecular weight is 385 g/mol. The first-order valence-corrected chi connectivity index (χ1v) is 10.4. The largest absolute Gasteiger partial charge is 0.325 e. The molecule has 0 unspecified atom stereocenters. The van der Waals surface area contributed by atoms with Crippen LogP contribution < -0.4 is 5.32 Å². The summed E-state index contributed by atoms with van der Waals surface area (Å²) in [6.07, 6.45) is 2.29. The van der Waals surface area contributed by atoms with Gasteiger partial charge in [0.15, 0.2) is 11.0 Å². The molecule has 1 aromatic carbocycles. The molecule has 1 amide bonds. The molecular formula is C19H20N4OS2. The second-order valence-electron chi connectivity index (χ2n) is 6.50. The molecule has 7 heteroatoms. The average Bonchev–Trinajstić information content (AvgIpc) is 3.14. The van der Waals surface area contributed by atoms with Crippen molar-refractivity contribution in [2.75, 3.05) is 5.32 Å². The normalized spacial score (nSPS) is 15.0. The Morgan fingerprint density at radius 2 is 2.15 bits per heavy atom. The Hall–Kier alpha value is -2.12. The molecule has 0 spiro atoms. The van der Waals surface area contributed by atoms with Crippen LogP contribution in [0, 0.1) is 6.92 Å². The van der Waals surface area contributed by atoms with Gasteiger partial charge in [0.25, 0.3) is 0 Å². The molecule has 3 aromatic rings. The number of hydrogen-bond acceptors (Lipinski definition) is 5. The van der Waals surface area contributed by atoms with Crippen LogP contribution >= 0.6 is 23.1 Å². The lowest BCUT2D eigenvalue weighted by atomic mass is 10.2. The minimum Gasteiger partial charge on any atom is -0.325 e. The number of benzene rings is 1. The van der Waals surface area contributed by atoms with Gasteiger partial charge >= 0.3 is 0 Å². The van der Waals surface area contributed by atoms with E-state index in [0.717, 1.165) is 40.0 Å². The molecule has 4 rings (SSSR count). The summed E-state index contributed by atoms with van der Waals surface area (Å²) >= 11 is 3.14. The van der Waals surface area contributed by atoms with Crippen molar-refractivity contribution in [3.8, 4) is 10.7 Å². The van der Waals surface area contributed by atoms with E-state index >= 15 is 0 Å². The highest BCUT2D eigenvalue weighted by atomic mass is 32.2. The molecule has 1 atom stereocenters.